The molecular formula is C18H14ClF2NO3S. The molecule has 0 fully saturated rings. The molecule has 0 unspecified atom stereocenters. The Hall–Kier alpha value is -2.25. The molecule has 3 rings (SSSR count). The Balaban J connectivity index is 1.87. The first kappa shape index (κ1) is 18.5. The molecule has 0 bridgehead atoms. The normalized spacial score (nSPS) is 11.1. The van der Waals surface area contributed by atoms with Crippen molar-refractivity contribution in [3.63, 3.8) is 0 Å². The molecule has 0 saturated heterocycles. The highest BCUT2D eigenvalue weighted by molar-refractivity contribution is 7.97. The van der Waals surface area contributed by atoms with Gasteiger partial charge in [-0.3, -0.25) is 4.79 Å². The summed E-state index contributed by atoms with van der Waals surface area (Å²) in [6.07, 6.45) is 1.94. The third-order valence-corrected chi connectivity index (χ3v) is 4.47. The van der Waals surface area contributed by atoms with Gasteiger partial charge >= 0.3 is 6.61 Å². The fourth-order valence-electron chi connectivity index (χ4n) is 2.53. The minimum Gasteiger partial charge on any atom is -0.451 e. The van der Waals surface area contributed by atoms with Gasteiger partial charge in [0.1, 0.15) is 11.3 Å². The third-order valence-electron chi connectivity index (χ3n) is 3.60. The summed E-state index contributed by atoms with van der Waals surface area (Å²) < 4.78 is 34.6. The first-order valence-corrected chi connectivity index (χ1v) is 9.32. The first-order chi connectivity index (χ1) is 12.5. The van der Waals surface area contributed by atoms with Crippen LogP contribution in [0.5, 0.6) is 5.75 Å². The van der Waals surface area contributed by atoms with Crippen LogP contribution in [-0.2, 0) is 5.75 Å². The van der Waals surface area contributed by atoms with Crippen LogP contribution >= 0.6 is 23.4 Å². The van der Waals surface area contributed by atoms with Crippen molar-refractivity contribution >= 4 is 45.9 Å². The molecule has 0 aliphatic heterocycles. The van der Waals surface area contributed by atoms with Gasteiger partial charge in [0, 0.05) is 22.4 Å². The van der Waals surface area contributed by atoms with Crippen molar-refractivity contribution in [2.75, 3.05) is 11.6 Å². The van der Waals surface area contributed by atoms with Gasteiger partial charge in [-0.05, 0) is 30.5 Å². The van der Waals surface area contributed by atoms with Crippen molar-refractivity contribution in [3.05, 3.63) is 58.8 Å². The number of para-hydroxylation sites is 1. The maximum atomic E-state index is 12.6. The summed E-state index contributed by atoms with van der Waals surface area (Å²) in [4.78, 5) is 12.6. The molecule has 1 N–H and O–H groups in total. The molecule has 4 nitrogen and oxygen atoms in total. The molecule has 0 spiro atoms. The zero-order valence-corrected chi connectivity index (χ0v) is 15.2. The number of hydrogen-bond acceptors (Lipinski definition) is 4. The molecule has 1 heterocycles. The summed E-state index contributed by atoms with van der Waals surface area (Å²) in [5.74, 6) is 0.224. The summed E-state index contributed by atoms with van der Waals surface area (Å²) in [7, 11) is 0. The SMILES string of the molecule is CSCc1c(C(=O)Nc2ccc(OC(F)F)c(Cl)c2)oc2ccccc12. The van der Waals surface area contributed by atoms with Crippen molar-refractivity contribution in [2.24, 2.45) is 0 Å². The average molecular weight is 398 g/mol. The number of thioether (sulfide) groups is 1. The molecule has 0 aliphatic carbocycles. The van der Waals surface area contributed by atoms with Crippen LogP contribution in [0.3, 0.4) is 0 Å². The third kappa shape index (κ3) is 3.94. The van der Waals surface area contributed by atoms with Crippen molar-refractivity contribution in [1.29, 1.82) is 0 Å². The molecule has 26 heavy (non-hydrogen) atoms. The van der Waals surface area contributed by atoms with Crippen molar-refractivity contribution < 1.29 is 22.7 Å². The Morgan fingerprint density at radius 2 is 2.08 bits per heavy atom. The van der Waals surface area contributed by atoms with Gasteiger partial charge in [-0.25, -0.2) is 0 Å². The lowest BCUT2D eigenvalue weighted by Gasteiger charge is -2.09. The molecule has 1 amide bonds. The highest BCUT2D eigenvalue weighted by Gasteiger charge is 2.20. The second kappa shape index (κ2) is 7.97. The van der Waals surface area contributed by atoms with Crippen LogP contribution in [0.15, 0.2) is 46.9 Å². The van der Waals surface area contributed by atoms with Gasteiger partial charge < -0.3 is 14.5 Å². The van der Waals surface area contributed by atoms with E-state index in [-0.39, 0.29) is 16.5 Å². The highest BCUT2D eigenvalue weighted by atomic mass is 35.5. The highest BCUT2D eigenvalue weighted by Crippen LogP contribution is 2.31. The number of alkyl halides is 2. The molecule has 3 aromatic rings. The predicted molar refractivity (Wildman–Crippen MR) is 99.5 cm³/mol. The summed E-state index contributed by atoms with van der Waals surface area (Å²) in [5, 5.41) is 3.52. The number of carbonyl (C=O) groups excluding carboxylic acids is 1. The van der Waals surface area contributed by atoms with E-state index in [1.54, 1.807) is 17.8 Å². The molecule has 2 aromatic carbocycles. The van der Waals surface area contributed by atoms with E-state index in [2.05, 4.69) is 10.1 Å². The average Bonchev–Trinajstić information content (AvgIpc) is 2.96. The van der Waals surface area contributed by atoms with Crippen molar-refractivity contribution in [2.45, 2.75) is 12.4 Å². The lowest BCUT2D eigenvalue weighted by molar-refractivity contribution is -0.0497. The van der Waals surface area contributed by atoms with Crippen LogP contribution in [0.2, 0.25) is 5.02 Å². The fourth-order valence-corrected chi connectivity index (χ4v) is 3.33. The van der Waals surface area contributed by atoms with Crippen LogP contribution < -0.4 is 10.1 Å². The lowest BCUT2D eigenvalue weighted by atomic mass is 10.1. The van der Waals surface area contributed by atoms with Crippen LogP contribution in [0.1, 0.15) is 16.1 Å². The van der Waals surface area contributed by atoms with E-state index in [9.17, 15) is 13.6 Å². The molecule has 0 aliphatic rings. The van der Waals surface area contributed by atoms with Crippen molar-refractivity contribution in [3.8, 4) is 5.75 Å². The van der Waals surface area contributed by atoms with Gasteiger partial charge in [0.15, 0.2) is 5.76 Å². The van der Waals surface area contributed by atoms with Gasteiger partial charge in [-0.2, -0.15) is 20.5 Å². The van der Waals surface area contributed by atoms with E-state index < -0.39 is 12.5 Å². The summed E-state index contributed by atoms with van der Waals surface area (Å²) in [6, 6.07) is 11.4. The first-order valence-electron chi connectivity index (χ1n) is 7.54. The zero-order chi connectivity index (χ0) is 18.7. The second-order valence-electron chi connectivity index (χ2n) is 5.32. The summed E-state index contributed by atoms with van der Waals surface area (Å²) >= 11 is 7.49. The molecule has 136 valence electrons. The zero-order valence-electron chi connectivity index (χ0n) is 13.6. The topological polar surface area (TPSA) is 51.5 Å². The maximum Gasteiger partial charge on any atom is 0.387 e. The molecular weight excluding hydrogens is 384 g/mol. The smallest absolute Gasteiger partial charge is 0.387 e. The molecule has 0 atom stereocenters. The fraction of sp³-hybridized carbons (Fsp3) is 0.167. The number of furan rings is 1. The van der Waals surface area contributed by atoms with Gasteiger partial charge in [0.25, 0.3) is 5.91 Å². The van der Waals surface area contributed by atoms with Crippen LogP contribution in [-0.4, -0.2) is 18.8 Å². The van der Waals surface area contributed by atoms with E-state index in [0.717, 1.165) is 10.9 Å². The van der Waals surface area contributed by atoms with Gasteiger partial charge in [-0.1, -0.05) is 29.8 Å². The number of amides is 1. The van der Waals surface area contributed by atoms with Gasteiger partial charge in [-0.15, -0.1) is 0 Å². The second-order valence-corrected chi connectivity index (χ2v) is 6.59. The number of anilines is 1. The van der Waals surface area contributed by atoms with E-state index in [4.69, 9.17) is 16.0 Å². The number of halogens is 3. The van der Waals surface area contributed by atoms with Gasteiger partial charge in [0.05, 0.1) is 5.02 Å². The minimum atomic E-state index is -2.97. The van der Waals surface area contributed by atoms with E-state index in [1.165, 1.54) is 18.2 Å². The van der Waals surface area contributed by atoms with Crippen LogP contribution in [0.4, 0.5) is 14.5 Å². The number of nitrogens with one attached hydrogen (secondary N) is 1. The molecule has 0 radical (unpaired) electrons. The number of benzene rings is 2. The number of ether oxygens (including phenoxy) is 1. The molecule has 8 heteroatoms. The van der Waals surface area contributed by atoms with E-state index in [0.29, 0.717) is 17.0 Å². The Kier molecular flexibility index (Phi) is 5.68. The molecule has 1 aromatic heterocycles. The summed E-state index contributed by atoms with van der Waals surface area (Å²) in [6.45, 7) is -2.97. The predicted octanol–water partition coefficient (Wildman–Crippen LogP) is 5.80. The largest absolute Gasteiger partial charge is 0.451 e. The maximum absolute atomic E-state index is 12.6. The Morgan fingerprint density at radius 3 is 2.77 bits per heavy atom. The quantitative estimate of drug-likeness (QED) is 0.570. The van der Waals surface area contributed by atoms with E-state index in [1.807, 2.05) is 24.5 Å². The van der Waals surface area contributed by atoms with Crippen LogP contribution in [0, 0.1) is 0 Å². The number of fused-ring (bicyclic) bond motifs is 1. The van der Waals surface area contributed by atoms with Gasteiger partial charge in [0.2, 0.25) is 0 Å². The van der Waals surface area contributed by atoms with Crippen molar-refractivity contribution in [1.82, 2.24) is 0 Å². The lowest BCUT2D eigenvalue weighted by Crippen LogP contribution is -2.13. The number of hydrogen-bond donors (Lipinski definition) is 1. The number of carbonyl (C=O) groups is 1. The van der Waals surface area contributed by atoms with Crippen LogP contribution in [0.25, 0.3) is 11.0 Å². The Bertz CT molecular complexity index is 945. The minimum absolute atomic E-state index is 0.0305. The Labute approximate surface area is 157 Å². The Morgan fingerprint density at radius 1 is 1.31 bits per heavy atom. The number of rotatable bonds is 6. The monoisotopic (exact) mass is 397 g/mol. The van der Waals surface area contributed by atoms with E-state index >= 15 is 0 Å². The molecule has 0 saturated carbocycles. The summed E-state index contributed by atoms with van der Waals surface area (Å²) in [5.41, 5.74) is 1.77. The standard InChI is InChI=1S/C18H14ClF2NO3S/c1-26-9-12-11-4-2-3-5-14(11)24-16(12)17(23)22-10-6-7-15(13(19)8-10)25-18(20)21/h2-8,18H,9H2,1H3,(H,22,23).